The molecular formula is C16H17FN2O3S3. The normalized spacial score (nSPS) is 15.9. The zero-order valence-corrected chi connectivity index (χ0v) is 15.9. The molecule has 0 atom stereocenters. The van der Waals surface area contributed by atoms with Crippen molar-refractivity contribution in [1.29, 1.82) is 0 Å². The highest BCUT2D eigenvalue weighted by Gasteiger charge is 2.31. The number of thiophene rings is 1. The smallest absolute Gasteiger partial charge is 0.267 e. The standard InChI is InChI=1S/C16H17FN2O3S3/c1-11-2-3-12(17)10-13(11)18-16(20)15-14(4-7-24-15)25(21,22)19-5-8-23-9-6-19/h2-4,7,10H,5-6,8-9H2,1H3,(H,18,20). The van der Waals surface area contributed by atoms with Crippen LogP contribution < -0.4 is 5.32 Å². The topological polar surface area (TPSA) is 66.5 Å². The van der Waals surface area contributed by atoms with Crippen LogP contribution in [-0.4, -0.2) is 43.2 Å². The Morgan fingerprint density at radius 3 is 2.68 bits per heavy atom. The molecule has 0 spiro atoms. The predicted molar refractivity (Wildman–Crippen MR) is 99.5 cm³/mol. The Labute approximate surface area is 154 Å². The van der Waals surface area contributed by atoms with Gasteiger partial charge < -0.3 is 5.32 Å². The van der Waals surface area contributed by atoms with Gasteiger partial charge in [-0.3, -0.25) is 4.79 Å². The molecule has 25 heavy (non-hydrogen) atoms. The monoisotopic (exact) mass is 400 g/mol. The summed E-state index contributed by atoms with van der Waals surface area (Å²) >= 11 is 2.77. The van der Waals surface area contributed by atoms with E-state index >= 15 is 0 Å². The van der Waals surface area contributed by atoms with Crippen molar-refractivity contribution >= 4 is 44.7 Å². The summed E-state index contributed by atoms with van der Waals surface area (Å²) in [6.45, 7) is 2.62. The molecule has 0 unspecified atom stereocenters. The van der Waals surface area contributed by atoms with Crippen LogP contribution in [-0.2, 0) is 10.0 Å². The van der Waals surface area contributed by atoms with E-state index in [4.69, 9.17) is 0 Å². The molecule has 5 nitrogen and oxygen atoms in total. The minimum Gasteiger partial charge on any atom is -0.321 e. The number of hydrogen-bond donors (Lipinski definition) is 1. The third kappa shape index (κ3) is 3.89. The summed E-state index contributed by atoms with van der Waals surface area (Å²) in [5, 5.41) is 4.20. The van der Waals surface area contributed by atoms with Crippen molar-refractivity contribution in [3.05, 3.63) is 45.9 Å². The summed E-state index contributed by atoms with van der Waals surface area (Å²) < 4.78 is 40.5. The average molecular weight is 401 g/mol. The molecule has 1 aliphatic rings. The van der Waals surface area contributed by atoms with Crippen molar-refractivity contribution in [3.63, 3.8) is 0 Å². The van der Waals surface area contributed by atoms with E-state index in [0.717, 1.165) is 22.8 Å². The van der Waals surface area contributed by atoms with Crippen LogP contribution in [0.5, 0.6) is 0 Å². The van der Waals surface area contributed by atoms with E-state index in [9.17, 15) is 17.6 Å². The summed E-state index contributed by atoms with van der Waals surface area (Å²) in [5.74, 6) is 0.472. The van der Waals surface area contributed by atoms with E-state index in [1.807, 2.05) is 0 Å². The predicted octanol–water partition coefficient (Wildman–Crippen LogP) is 3.19. The van der Waals surface area contributed by atoms with Crippen LogP contribution >= 0.6 is 23.1 Å². The highest BCUT2D eigenvalue weighted by molar-refractivity contribution is 7.99. The Balaban J connectivity index is 1.88. The zero-order valence-electron chi connectivity index (χ0n) is 13.5. The van der Waals surface area contributed by atoms with Gasteiger partial charge in [0.15, 0.2) is 0 Å². The fourth-order valence-electron chi connectivity index (χ4n) is 2.50. The Bertz CT molecular complexity index is 890. The maximum Gasteiger partial charge on any atom is 0.267 e. The van der Waals surface area contributed by atoms with Gasteiger partial charge in [0.1, 0.15) is 15.6 Å². The van der Waals surface area contributed by atoms with Crippen molar-refractivity contribution in [2.45, 2.75) is 11.8 Å². The summed E-state index contributed by atoms with van der Waals surface area (Å²) in [7, 11) is -3.71. The Hall–Kier alpha value is -1.42. The minimum absolute atomic E-state index is 0.0101. The van der Waals surface area contributed by atoms with Gasteiger partial charge >= 0.3 is 0 Å². The fraction of sp³-hybridized carbons (Fsp3) is 0.312. The van der Waals surface area contributed by atoms with Crippen LogP contribution in [0, 0.1) is 12.7 Å². The lowest BCUT2D eigenvalue weighted by Gasteiger charge is -2.25. The van der Waals surface area contributed by atoms with Crippen molar-refractivity contribution in [2.24, 2.45) is 0 Å². The first kappa shape index (κ1) is 18.4. The molecule has 9 heteroatoms. The number of sulfonamides is 1. The molecule has 0 saturated carbocycles. The lowest BCUT2D eigenvalue weighted by Crippen LogP contribution is -2.38. The van der Waals surface area contributed by atoms with Gasteiger partial charge in [0.2, 0.25) is 10.0 Å². The highest BCUT2D eigenvalue weighted by Crippen LogP contribution is 2.28. The number of nitrogens with zero attached hydrogens (tertiary/aromatic N) is 1. The first-order valence-electron chi connectivity index (χ1n) is 7.62. The van der Waals surface area contributed by atoms with E-state index in [1.165, 1.54) is 22.5 Å². The SMILES string of the molecule is Cc1ccc(F)cc1NC(=O)c1sccc1S(=O)(=O)N1CCSCC1. The van der Waals surface area contributed by atoms with Gasteiger partial charge in [-0.25, -0.2) is 12.8 Å². The molecule has 2 aromatic rings. The van der Waals surface area contributed by atoms with E-state index in [1.54, 1.807) is 30.1 Å². The second kappa shape index (κ2) is 7.45. The van der Waals surface area contributed by atoms with Crippen molar-refractivity contribution in [1.82, 2.24) is 4.31 Å². The lowest BCUT2D eigenvalue weighted by atomic mass is 10.2. The lowest BCUT2D eigenvalue weighted by molar-refractivity contribution is 0.102. The Morgan fingerprint density at radius 1 is 1.24 bits per heavy atom. The molecule has 0 radical (unpaired) electrons. The summed E-state index contributed by atoms with van der Waals surface area (Å²) in [5.41, 5.74) is 1.03. The average Bonchev–Trinajstić information content (AvgIpc) is 3.09. The quantitative estimate of drug-likeness (QED) is 0.856. The maximum atomic E-state index is 13.4. The van der Waals surface area contributed by atoms with Gasteiger partial charge in [0.05, 0.1) is 0 Å². The number of carbonyl (C=O) groups is 1. The molecular weight excluding hydrogens is 383 g/mol. The van der Waals surface area contributed by atoms with Crippen LogP contribution in [0.2, 0.25) is 0 Å². The first-order chi connectivity index (χ1) is 11.9. The molecule has 1 amide bonds. The number of thioether (sulfide) groups is 1. The van der Waals surface area contributed by atoms with E-state index in [2.05, 4.69) is 5.32 Å². The number of aryl methyl sites for hydroxylation is 1. The van der Waals surface area contributed by atoms with Crippen molar-refractivity contribution in [3.8, 4) is 0 Å². The summed E-state index contributed by atoms with van der Waals surface area (Å²) in [4.78, 5) is 12.7. The molecule has 0 aliphatic carbocycles. The van der Waals surface area contributed by atoms with Crippen molar-refractivity contribution in [2.75, 3.05) is 29.9 Å². The maximum absolute atomic E-state index is 13.4. The van der Waals surface area contributed by atoms with Crippen LogP contribution in [0.4, 0.5) is 10.1 Å². The third-order valence-electron chi connectivity index (χ3n) is 3.87. The largest absolute Gasteiger partial charge is 0.321 e. The number of benzene rings is 1. The molecule has 1 N–H and O–H groups in total. The van der Waals surface area contributed by atoms with Crippen LogP contribution in [0.15, 0.2) is 34.5 Å². The Kier molecular flexibility index (Phi) is 5.47. The second-order valence-corrected chi connectivity index (χ2v) is 9.59. The molecule has 1 aliphatic heterocycles. The molecule has 1 aromatic carbocycles. The summed E-state index contributed by atoms with van der Waals surface area (Å²) in [6, 6.07) is 5.54. The number of halogens is 1. The van der Waals surface area contributed by atoms with Gasteiger partial charge in [-0.2, -0.15) is 16.1 Å². The number of carbonyl (C=O) groups excluding carboxylic acids is 1. The molecule has 1 saturated heterocycles. The van der Waals surface area contributed by atoms with Gasteiger partial charge in [-0.15, -0.1) is 11.3 Å². The van der Waals surface area contributed by atoms with E-state index in [0.29, 0.717) is 24.3 Å². The molecule has 1 aromatic heterocycles. The van der Waals surface area contributed by atoms with Gasteiger partial charge in [-0.1, -0.05) is 6.07 Å². The summed E-state index contributed by atoms with van der Waals surface area (Å²) in [6.07, 6.45) is 0. The number of hydrogen-bond acceptors (Lipinski definition) is 5. The minimum atomic E-state index is -3.71. The van der Waals surface area contributed by atoms with Crippen LogP contribution in [0.3, 0.4) is 0 Å². The number of anilines is 1. The number of amides is 1. The molecule has 134 valence electrons. The van der Waals surface area contributed by atoms with Crippen LogP contribution in [0.1, 0.15) is 15.2 Å². The number of rotatable bonds is 4. The number of nitrogens with one attached hydrogen (secondary N) is 1. The zero-order chi connectivity index (χ0) is 18.0. The molecule has 0 bridgehead atoms. The van der Waals surface area contributed by atoms with Gasteiger partial charge in [0.25, 0.3) is 5.91 Å². The molecule has 1 fully saturated rings. The first-order valence-corrected chi connectivity index (χ1v) is 11.1. The van der Waals surface area contributed by atoms with E-state index < -0.39 is 21.7 Å². The van der Waals surface area contributed by atoms with Crippen molar-refractivity contribution < 1.29 is 17.6 Å². The Morgan fingerprint density at radius 2 is 1.96 bits per heavy atom. The third-order valence-corrected chi connectivity index (χ3v) is 7.80. The molecule has 3 rings (SSSR count). The fourth-order valence-corrected chi connectivity index (χ4v) is 6.37. The van der Waals surface area contributed by atoms with Gasteiger partial charge in [0, 0.05) is 30.3 Å². The van der Waals surface area contributed by atoms with Gasteiger partial charge in [-0.05, 0) is 36.1 Å². The molecule has 2 heterocycles. The van der Waals surface area contributed by atoms with Crippen LogP contribution in [0.25, 0.3) is 0 Å². The highest BCUT2D eigenvalue weighted by atomic mass is 32.2. The second-order valence-electron chi connectivity index (χ2n) is 5.54. The van der Waals surface area contributed by atoms with E-state index in [-0.39, 0.29) is 9.77 Å².